The molecule has 0 saturated heterocycles. The lowest BCUT2D eigenvalue weighted by molar-refractivity contribution is -0.254. The van der Waals surface area contributed by atoms with Gasteiger partial charge < -0.3 is 14.6 Å². The van der Waals surface area contributed by atoms with E-state index in [0.717, 1.165) is 11.3 Å². The first-order chi connectivity index (χ1) is 8.58. The Balaban J connectivity index is 2.09. The standard InChI is InChI=1S/C12H10ClNO3S/c1-7-11(12(15)16)18-10(14-7)6-17-9-5-3-2-4-8(9)13/h2-5H,6H2,1H3,(H,15,16)/p-1. The summed E-state index contributed by atoms with van der Waals surface area (Å²) in [6, 6.07) is 7.07. The third kappa shape index (κ3) is 2.80. The number of hydrogen-bond acceptors (Lipinski definition) is 5. The number of rotatable bonds is 4. The number of halogens is 1. The molecule has 0 amide bonds. The number of aromatic nitrogens is 1. The molecular weight excluding hydrogens is 274 g/mol. The van der Waals surface area contributed by atoms with E-state index in [-0.39, 0.29) is 11.5 Å². The number of carbonyl (C=O) groups excluding carboxylic acids is 1. The summed E-state index contributed by atoms with van der Waals surface area (Å²) in [6.45, 7) is 1.81. The van der Waals surface area contributed by atoms with Crippen LogP contribution in [0.5, 0.6) is 5.75 Å². The summed E-state index contributed by atoms with van der Waals surface area (Å²) in [5.41, 5.74) is 0.442. The van der Waals surface area contributed by atoms with Gasteiger partial charge in [-0.25, -0.2) is 4.98 Å². The van der Waals surface area contributed by atoms with Gasteiger partial charge in [-0.2, -0.15) is 0 Å². The van der Waals surface area contributed by atoms with Gasteiger partial charge in [-0.05, 0) is 19.1 Å². The van der Waals surface area contributed by atoms with Crippen molar-refractivity contribution in [3.63, 3.8) is 0 Å². The largest absolute Gasteiger partial charge is 0.544 e. The van der Waals surface area contributed by atoms with Crippen LogP contribution in [0.15, 0.2) is 24.3 Å². The Bertz CT molecular complexity index is 582. The van der Waals surface area contributed by atoms with Crippen LogP contribution < -0.4 is 9.84 Å². The summed E-state index contributed by atoms with van der Waals surface area (Å²) < 4.78 is 5.47. The molecule has 0 spiro atoms. The van der Waals surface area contributed by atoms with Crippen molar-refractivity contribution in [1.82, 2.24) is 4.98 Å². The van der Waals surface area contributed by atoms with E-state index in [1.165, 1.54) is 0 Å². The summed E-state index contributed by atoms with van der Waals surface area (Å²) in [5.74, 6) is -0.670. The molecule has 94 valence electrons. The topological polar surface area (TPSA) is 62.2 Å². The van der Waals surface area contributed by atoms with Gasteiger partial charge in [0.2, 0.25) is 0 Å². The Morgan fingerprint density at radius 2 is 2.22 bits per heavy atom. The van der Waals surface area contributed by atoms with Crippen LogP contribution in [0.1, 0.15) is 20.4 Å². The molecule has 0 aliphatic rings. The highest BCUT2D eigenvalue weighted by Gasteiger charge is 2.09. The number of hydrogen-bond donors (Lipinski definition) is 0. The molecule has 0 N–H and O–H groups in total. The van der Waals surface area contributed by atoms with Crippen LogP contribution in [0.25, 0.3) is 0 Å². The second-order valence-corrected chi connectivity index (χ2v) is 5.02. The molecule has 1 heterocycles. The number of nitrogens with zero attached hydrogens (tertiary/aromatic N) is 1. The van der Waals surface area contributed by atoms with Crippen LogP contribution in [0, 0.1) is 6.92 Å². The zero-order valence-corrected chi connectivity index (χ0v) is 11.0. The molecule has 1 aromatic heterocycles. The summed E-state index contributed by atoms with van der Waals surface area (Å²) in [5, 5.41) is 11.8. The predicted molar refractivity (Wildman–Crippen MR) is 67.0 cm³/mol. The average Bonchev–Trinajstić information content (AvgIpc) is 2.70. The molecule has 2 aromatic rings. The maximum absolute atomic E-state index is 10.8. The first kappa shape index (κ1) is 12.9. The Kier molecular flexibility index (Phi) is 3.84. The van der Waals surface area contributed by atoms with Crippen LogP contribution in [0.2, 0.25) is 5.02 Å². The second-order valence-electron chi connectivity index (χ2n) is 3.53. The Morgan fingerprint density at radius 1 is 1.50 bits per heavy atom. The normalized spacial score (nSPS) is 10.3. The zero-order chi connectivity index (χ0) is 13.1. The van der Waals surface area contributed by atoms with Gasteiger partial charge in [0, 0.05) is 0 Å². The molecule has 0 radical (unpaired) electrons. The van der Waals surface area contributed by atoms with Crippen molar-refractivity contribution in [1.29, 1.82) is 0 Å². The number of aromatic carboxylic acids is 1. The lowest BCUT2D eigenvalue weighted by atomic mass is 10.3. The van der Waals surface area contributed by atoms with Crippen LogP contribution in [0.4, 0.5) is 0 Å². The minimum atomic E-state index is -1.21. The Labute approximate surface area is 113 Å². The fraction of sp³-hybridized carbons (Fsp3) is 0.167. The first-order valence-electron chi connectivity index (χ1n) is 5.13. The van der Waals surface area contributed by atoms with E-state index < -0.39 is 5.97 Å². The molecule has 1 aromatic carbocycles. The number of carboxylic acid groups (broad SMARTS) is 1. The molecule has 0 bridgehead atoms. The van der Waals surface area contributed by atoms with E-state index in [0.29, 0.717) is 21.5 Å². The van der Waals surface area contributed by atoms with Crippen molar-refractivity contribution in [2.45, 2.75) is 13.5 Å². The highest BCUT2D eigenvalue weighted by molar-refractivity contribution is 7.13. The number of ether oxygens (including phenoxy) is 1. The van der Waals surface area contributed by atoms with E-state index in [9.17, 15) is 9.90 Å². The number of carboxylic acids is 1. The summed E-state index contributed by atoms with van der Waals surface area (Å²) in [7, 11) is 0. The highest BCUT2D eigenvalue weighted by atomic mass is 35.5. The lowest BCUT2D eigenvalue weighted by Gasteiger charge is -2.05. The van der Waals surface area contributed by atoms with E-state index in [1.807, 2.05) is 0 Å². The monoisotopic (exact) mass is 282 g/mol. The number of thiazole rings is 1. The van der Waals surface area contributed by atoms with Gasteiger partial charge in [-0.1, -0.05) is 23.7 Å². The third-order valence-electron chi connectivity index (χ3n) is 2.21. The molecule has 0 aliphatic heterocycles. The quantitative estimate of drug-likeness (QED) is 0.861. The molecule has 0 unspecified atom stereocenters. The van der Waals surface area contributed by atoms with Crippen molar-refractivity contribution in [2.75, 3.05) is 0 Å². The lowest BCUT2D eigenvalue weighted by Crippen LogP contribution is -2.21. The van der Waals surface area contributed by atoms with Crippen LogP contribution >= 0.6 is 22.9 Å². The summed E-state index contributed by atoms with van der Waals surface area (Å²) in [4.78, 5) is 15.0. The fourth-order valence-electron chi connectivity index (χ4n) is 1.40. The molecule has 2 rings (SSSR count). The molecular formula is C12H9ClNO3S-. The van der Waals surface area contributed by atoms with Gasteiger partial charge in [-0.3, -0.25) is 0 Å². The van der Waals surface area contributed by atoms with E-state index in [4.69, 9.17) is 16.3 Å². The van der Waals surface area contributed by atoms with Crippen LogP contribution in [-0.4, -0.2) is 11.0 Å². The molecule has 18 heavy (non-hydrogen) atoms. The minimum Gasteiger partial charge on any atom is -0.544 e. The van der Waals surface area contributed by atoms with Crippen LogP contribution in [-0.2, 0) is 6.61 Å². The van der Waals surface area contributed by atoms with Gasteiger partial charge >= 0.3 is 0 Å². The molecule has 0 fully saturated rings. The van der Waals surface area contributed by atoms with Gasteiger partial charge in [-0.15, -0.1) is 11.3 Å². The van der Waals surface area contributed by atoms with Crippen molar-refractivity contribution < 1.29 is 14.6 Å². The first-order valence-corrected chi connectivity index (χ1v) is 6.32. The van der Waals surface area contributed by atoms with Crippen molar-refractivity contribution in [2.24, 2.45) is 0 Å². The maximum atomic E-state index is 10.8. The number of aryl methyl sites for hydroxylation is 1. The maximum Gasteiger partial charge on any atom is 0.140 e. The Morgan fingerprint density at radius 3 is 2.83 bits per heavy atom. The smallest absolute Gasteiger partial charge is 0.140 e. The SMILES string of the molecule is Cc1nc(COc2ccccc2Cl)sc1C(=O)[O-]. The third-order valence-corrected chi connectivity index (χ3v) is 3.64. The summed E-state index contributed by atoms with van der Waals surface area (Å²) >= 11 is 6.98. The number of carbonyl (C=O) groups is 1. The zero-order valence-electron chi connectivity index (χ0n) is 9.47. The molecule has 4 nitrogen and oxygen atoms in total. The van der Waals surface area contributed by atoms with E-state index in [1.54, 1.807) is 31.2 Å². The number of benzene rings is 1. The summed E-state index contributed by atoms with van der Waals surface area (Å²) in [6.07, 6.45) is 0. The van der Waals surface area contributed by atoms with Crippen LogP contribution in [0.3, 0.4) is 0 Å². The van der Waals surface area contributed by atoms with Gasteiger partial charge in [0.25, 0.3) is 0 Å². The van der Waals surface area contributed by atoms with Crippen molar-refractivity contribution in [3.8, 4) is 5.75 Å². The van der Waals surface area contributed by atoms with E-state index in [2.05, 4.69) is 4.98 Å². The van der Waals surface area contributed by atoms with Gasteiger partial charge in [0.15, 0.2) is 0 Å². The van der Waals surface area contributed by atoms with Crippen molar-refractivity contribution >= 4 is 28.9 Å². The molecule has 0 aliphatic carbocycles. The Hall–Kier alpha value is -1.59. The van der Waals surface area contributed by atoms with Crippen molar-refractivity contribution in [3.05, 3.63) is 44.9 Å². The molecule has 0 atom stereocenters. The molecule has 0 saturated carbocycles. The van der Waals surface area contributed by atoms with E-state index >= 15 is 0 Å². The average molecular weight is 283 g/mol. The fourth-order valence-corrected chi connectivity index (χ4v) is 2.41. The predicted octanol–water partition coefficient (Wildman–Crippen LogP) is 2.05. The number of para-hydroxylation sites is 1. The second kappa shape index (κ2) is 5.37. The molecule has 6 heteroatoms. The minimum absolute atomic E-state index is 0.132. The van der Waals surface area contributed by atoms with Gasteiger partial charge in [0.1, 0.15) is 17.4 Å². The highest BCUT2D eigenvalue weighted by Crippen LogP contribution is 2.25. The van der Waals surface area contributed by atoms with Gasteiger partial charge in [0.05, 0.1) is 21.6 Å².